The van der Waals surface area contributed by atoms with E-state index < -0.39 is 5.97 Å². The van der Waals surface area contributed by atoms with E-state index in [9.17, 15) is 4.79 Å². The van der Waals surface area contributed by atoms with E-state index in [4.69, 9.17) is 5.73 Å². The van der Waals surface area contributed by atoms with Crippen molar-refractivity contribution in [2.24, 2.45) is 5.73 Å². The van der Waals surface area contributed by atoms with Crippen LogP contribution in [0.3, 0.4) is 0 Å². The van der Waals surface area contributed by atoms with Gasteiger partial charge in [-0.25, -0.2) is 4.79 Å². The van der Waals surface area contributed by atoms with Crippen LogP contribution in [0.1, 0.15) is 26.7 Å². The van der Waals surface area contributed by atoms with Crippen LogP contribution in [0, 0.1) is 0 Å². The van der Waals surface area contributed by atoms with Gasteiger partial charge >= 0.3 is 5.97 Å². The lowest BCUT2D eigenvalue weighted by Gasteiger charge is -1.99. The number of ether oxygens (including phenoxy) is 1. The van der Waals surface area contributed by atoms with Gasteiger partial charge in [0.15, 0.2) is 0 Å². The zero-order chi connectivity index (χ0) is 8.69. The third-order valence-electron chi connectivity index (χ3n) is 1.16. The second kappa shape index (κ2) is 5.77. The molecule has 3 nitrogen and oxygen atoms in total. The molecule has 0 rings (SSSR count). The van der Waals surface area contributed by atoms with Gasteiger partial charge in [0.2, 0.25) is 0 Å². The van der Waals surface area contributed by atoms with Crippen molar-refractivity contribution in [1.29, 1.82) is 0 Å². The molecule has 3 heteroatoms. The number of carbonyl (C=O) groups excluding carboxylic acids is 1. The van der Waals surface area contributed by atoms with Gasteiger partial charge in [0.05, 0.1) is 6.61 Å². The molecule has 0 radical (unpaired) electrons. The summed E-state index contributed by atoms with van der Waals surface area (Å²) in [6, 6.07) is 0. The molecule has 0 aromatic heterocycles. The molecule has 0 bridgehead atoms. The van der Waals surface area contributed by atoms with Crippen molar-refractivity contribution in [3.05, 3.63) is 11.8 Å². The number of nitrogens with two attached hydrogens (primary N) is 1. The number of rotatable bonds is 4. The van der Waals surface area contributed by atoms with Gasteiger partial charge in [0.25, 0.3) is 0 Å². The van der Waals surface area contributed by atoms with Crippen LogP contribution in [0.2, 0.25) is 0 Å². The first kappa shape index (κ1) is 10.0. The fourth-order valence-corrected chi connectivity index (χ4v) is 0.598. The molecule has 64 valence electrons. The second-order valence-electron chi connectivity index (χ2n) is 2.17. The summed E-state index contributed by atoms with van der Waals surface area (Å²) in [6.45, 7) is 4.15. The van der Waals surface area contributed by atoms with Gasteiger partial charge in [-0.3, -0.25) is 0 Å². The molecule has 0 saturated heterocycles. The summed E-state index contributed by atoms with van der Waals surface area (Å²) in [6.07, 6.45) is 3.50. The summed E-state index contributed by atoms with van der Waals surface area (Å²) < 4.78 is 4.67. The molecule has 0 aromatic carbocycles. The highest BCUT2D eigenvalue weighted by atomic mass is 16.5. The van der Waals surface area contributed by atoms with E-state index in [1.165, 1.54) is 0 Å². The predicted octanol–water partition coefficient (Wildman–Crippen LogP) is 1.19. The Morgan fingerprint density at radius 3 is 2.64 bits per heavy atom. The van der Waals surface area contributed by atoms with Crippen LogP contribution >= 0.6 is 0 Å². The number of carbonyl (C=O) groups is 1. The van der Waals surface area contributed by atoms with Crippen LogP contribution in [-0.4, -0.2) is 12.6 Å². The fourth-order valence-electron chi connectivity index (χ4n) is 0.598. The Morgan fingerprint density at radius 1 is 1.55 bits per heavy atom. The molecule has 2 N–H and O–H groups in total. The molecule has 0 saturated carbocycles. The van der Waals surface area contributed by atoms with Crippen molar-refractivity contribution in [2.75, 3.05) is 6.61 Å². The van der Waals surface area contributed by atoms with Crippen molar-refractivity contribution in [3.63, 3.8) is 0 Å². The number of allylic oxidation sites excluding steroid dienone is 1. The molecule has 0 aliphatic heterocycles. The van der Waals surface area contributed by atoms with Crippen LogP contribution in [-0.2, 0) is 9.53 Å². The number of esters is 1. The molecule has 0 fully saturated rings. The standard InChI is InChI=1S/C8H15NO2/c1-3-5-6-7(9)8(10)11-4-2/h6H,3-5,9H2,1-2H3. The number of unbranched alkanes of at least 4 members (excludes halogenated alkanes) is 1. The predicted molar refractivity (Wildman–Crippen MR) is 43.8 cm³/mol. The maximum atomic E-state index is 10.8. The fraction of sp³-hybridized carbons (Fsp3) is 0.625. The van der Waals surface area contributed by atoms with Gasteiger partial charge in [-0.1, -0.05) is 19.4 Å². The second-order valence-corrected chi connectivity index (χ2v) is 2.17. The average Bonchev–Trinajstić information content (AvgIpc) is 2.00. The van der Waals surface area contributed by atoms with Gasteiger partial charge in [-0.15, -0.1) is 0 Å². The van der Waals surface area contributed by atoms with E-state index in [0.29, 0.717) is 6.61 Å². The van der Waals surface area contributed by atoms with E-state index in [2.05, 4.69) is 4.74 Å². The van der Waals surface area contributed by atoms with E-state index in [1.807, 2.05) is 6.92 Å². The molecule has 0 atom stereocenters. The molecule has 0 unspecified atom stereocenters. The third-order valence-corrected chi connectivity index (χ3v) is 1.16. The first-order valence-electron chi connectivity index (χ1n) is 3.85. The summed E-state index contributed by atoms with van der Waals surface area (Å²) in [4.78, 5) is 10.8. The Balaban J connectivity index is 3.80. The normalized spacial score (nSPS) is 11.3. The van der Waals surface area contributed by atoms with Crippen LogP contribution in [0.15, 0.2) is 11.8 Å². The zero-order valence-corrected chi connectivity index (χ0v) is 7.09. The molecule has 0 amide bonds. The summed E-state index contributed by atoms with van der Waals surface area (Å²) >= 11 is 0. The Bertz CT molecular complexity index is 152. The number of hydrogen-bond acceptors (Lipinski definition) is 3. The molecule has 11 heavy (non-hydrogen) atoms. The molecule has 0 heterocycles. The minimum absolute atomic E-state index is 0.216. The molecule has 0 spiro atoms. The maximum Gasteiger partial charge on any atom is 0.353 e. The largest absolute Gasteiger partial charge is 0.461 e. The van der Waals surface area contributed by atoms with Gasteiger partial charge < -0.3 is 10.5 Å². The lowest BCUT2D eigenvalue weighted by molar-refractivity contribution is -0.138. The van der Waals surface area contributed by atoms with E-state index in [-0.39, 0.29) is 5.70 Å². The molecular weight excluding hydrogens is 142 g/mol. The summed E-state index contributed by atoms with van der Waals surface area (Å²) in [7, 11) is 0. The number of hydrogen-bond donors (Lipinski definition) is 1. The van der Waals surface area contributed by atoms with Crippen molar-refractivity contribution in [1.82, 2.24) is 0 Å². The van der Waals surface area contributed by atoms with Crippen LogP contribution in [0.4, 0.5) is 0 Å². The molecular formula is C8H15NO2. The van der Waals surface area contributed by atoms with Crippen LogP contribution in [0.5, 0.6) is 0 Å². The third kappa shape index (κ3) is 4.42. The minimum atomic E-state index is -0.416. The lowest BCUT2D eigenvalue weighted by atomic mass is 10.3. The highest BCUT2D eigenvalue weighted by molar-refractivity contribution is 5.87. The smallest absolute Gasteiger partial charge is 0.353 e. The summed E-state index contributed by atoms with van der Waals surface area (Å²) in [5, 5.41) is 0. The Labute approximate surface area is 67.2 Å². The lowest BCUT2D eigenvalue weighted by Crippen LogP contribution is -2.14. The Kier molecular flexibility index (Phi) is 5.25. The zero-order valence-electron chi connectivity index (χ0n) is 7.09. The van der Waals surface area contributed by atoms with E-state index in [0.717, 1.165) is 12.8 Å². The van der Waals surface area contributed by atoms with Gasteiger partial charge in [-0.2, -0.15) is 0 Å². The minimum Gasteiger partial charge on any atom is -0.461 e. The SMILES string of the molecule is CCCC=C(N)C(=O)OCC. The highest BCUT2D eigenvalue weighted by Crippen LogP contribution is 1.95. The van der Waals surface area contributed by atoms with Crippen LogP contribution in [0.25, 0.3) is 0 Å². The highest BCUT2D eigenvalue weighted by Gasteiger charge is 2.02. The molecule has 0 aliphatic carbocycles. The molecule has 0 aliphatic rings. The first-order chi connectivity index (χ1) is 5.22. The molecule has 0 aromatic rings. The van der Waals surface area contributed by atoms with Crippen LogP contribution < -0.4 is 5.73 Å². The summed E-state index contributed by atoms with van der Waals surface area (Å²) in [5.41, 5.74) is 5.59. The van der Waals surface area contributed by atoms with Crippen molar-refractivity contribution >= 4 is 5.97 Å². The average molecular weight is 157 g/mol. The van der Waals surface area contributed by atoms with Crippen molar-refractivity contribution in [3.8, 4) is 0 Å². The van der Waals surface area contributed by atoms with E-state index in [1.54, 1.807) is 13.0 Å². The summed E-state index contributed by atoms with van der Waals surface area (Å²) in [5.74, 6) is -0.416. The quantitative estimate of drug-likeness (QED) is 0.492. The van der Waals surface area contributed by atoms with Crippen molar-refractivity contribution < 1.29 is 9.53 Å². The first-order valence-corrected chi connectivity index (χ1v) is 3.85. The van der Waals surface area contributed by atoms with Crippen molar-refractivity contribution in [2.45, 2.75) is 26.7 Å². The van der Waals surface area contributed by atoms with Gasteiger partial charge in [0, 0.05) is 0 Å². The maximum absolute atomic E-state index is 10.8. The van der Waals surface area contributed by atoms with Gasteiger partial charge in [0.1, 0.15) is 5.70 Å². The monoisotopic (exact) mass is 157 g/mol. The Hall–Kier alpha value is -0.990. The van der Waals surface area contributed by atoms with E-state index >= 15 is 0 Å². The topological polar surface area (TPSA) is 52.3 Å². The Morgan fingerprint density at radius 2 is 2.18 bits per heavy atom. The van der Waals surface area contributed by atoms with Gasteiger partial charge in [-0.05, 0) is 13.3 Å².